The van der Waals surface area contributed by atoms with Crippen LogP contribution in [0.25, 0.3) is 11.7 Å². The zero-order valence-corrected chi connectivity index (χ0v) is 11.9. The molecule has 0 aliphatic heterocycles. The number of nitro benzene ring substituents is 1. The molecule has 3 aromatic rings. The summed E-state index contributed by atoms with van der Waals surface area (Å²) in [6.45, 7) is 0. The van der Waals surface area contributed by atoms with Crippen molar-refractivity contribution >= 4 is 29.1 Å². The zero-order chi connectivity index (χ0) is 16.2. The quantitative estimate of drug-likeness (QED) is 0.456. The highest BCUT2D eigenvalue weighted by atomic mass is 16.6. The minimum absolute atomic E-state index is 0.0105. The summed E-state index contributed by atoms with van der Waals surface area (Å²) in [5.41, 5.74) is 1.44. The van der Waals surface area contributed by atoms with E-state index in [1.807, 2.05) is 24.4 Å². The Morgan fingerprint density at radius 3 is 2.70 bits per heavy atom. The molecule has 114 valence electrons. The molecule has 0 saturated heterocycles. The molecular formula is C16H12N4O3. The summed E-state index contributed by atoms with van der Waals surface area (Å²) in [5.74, 6) is 0.126. The maximum atomic E-state index is 11.9. The van der Waals surface area contributed by atoms with Gasteiger partial charge < -0.3 is 9.72 Å². The summed E-state index contributed by atoms with van der Waals surface area (Å²) >= 11 is 0. The first-order valence-corrected chi connectivity index (χ1v) is 6.79. The van der Waals surface area contributed by atoms with Crippen LogP contribution in [0.5, 0.6) is 0 Å². The van der Waals surface area contributed by atoms with E-state index < -0.39 is 4.92 Å². The van der Waals surface area contributed by atoms with Crippen molar-refractivity contribution in [3.63, 3.8) is 0 Å². The molecule has 0 bridgehead atoms. The van der Waals surface area contributed by atoms with Crippen LogP contribution in [0.2, 0.25) is 0 Å². The lowest BCUT2D eigenvalue weighted by molar-refractivity contribution is -0.384. The third-order valence-corrected chi connectivity index (χ3v) is 3.15. The van der Waals surface area contributed by atoms with Crippen LogP contribution in [-0.4, -0.2) is 20.2 Å². The fraction of sp³-hybridized carbons (Fsp3) is 0. The monoisotopic (exact) mass is 308 g/mol. The summed E-state index contributed by atoms with van der Waals surface area (Å²) in [7, 11) is 0. The standard InChI is InChI=1S/C16H12N4O3/c21-16(9-6-12-4-7-13(8-5-12)20(22)23)18-14-11-19-10-2-1-3-15(19)17-14/h1-11H,(H,18,21)/b9-6+. The van der Waals surface area contributed by atoms with Crippen LogP contribution >= 0.6 is 0 Å². The molecule has 0 atom stereocenters. The molecule has 0 unspecified atom stereocenters. The largest absolute Gasteiger partial charge is 0.306 e. The highest BCUT2D eigenvalue weighted by Gasteiger charge is 2.04. The van der Waals surface area contributed by atoms with Crippen molar-refractivity contribution < 1.29 is 9.72 Å². The number of carbonyl (C=O) groups is 1. The summed E-state index contributed by atoms with van der Waals surface area (Å²) < 4.78 is 1.80. The van der Waals surface area contributed by atoms with Crippen molar-refractivity contribution in [2.75, 3.05) is 5.32 Å². The van der Waals surface area contributed by atoms with Gasteiger partial charge in [-0.25, -0.2) is 4.98 Å². The van der Waals surface area contributed by atoms with Gasteiger partial charge in [0.1, 0.15) is 5.65 Å². The first-order chi connectivity index (χ1) is 11.1. The fourth-order valence-electron chi connectivity index (χ4n) is 2.04. The number of nitrogens with zero attached hydrogens (tertiary/aromatic N) is 3. The van der Waals surface area contributed by atoms with E-state index in [2.05, 4.69) is 10.3 Å². The van der Waals surface area contributed by atoms with Gasteiger partial charge in [0.2, 0.25) is 5.91 Å². The molecule has 3 rings (SSSR count). The number of amides is 1. The Balaban J connectivity index is 1.67. The van der Waals surface area contributed by atoms with Crippen molar-refractivity contribution in [1.29, 1.82) is 0 Å². The van der Waals surface area contributed by atoms with E-state index in [9.17, 15) is 14.9 Å². The number of hydrogen-bond acceptors (Lipinski definition) is 4. The van der Waals surface area contributed by atoms with Crippen molar-refractivity contribution in [3.05, 3.63) is 76.6 Å². The minimum Gasteiger partial charge on any atom is -0.306 e. The second-order valence-electron chi connectivity index (χ2n) is 4.76. The Hall–Kier alpha value is -3.48. The number of nitrogens with one attached hydrogen (secondary N) is 1. The average molecular weight is 308 g/mol. The lowest BCUT2D eigenvalue weighted by atomic mass is 10.2. The summed E-state index contributed by atoms with van der Waals surface area (Å²) in [5, 5.41) is 13.2. The van der Waals surface area contributed by atoms with Gasteiger partial charge in [0.15, 0.2) is 5.82 Å². The first kappa shape index (κ1) is 14.5. The van der Waals surface area contributed by atoms with Gasteiger partial charge in [0, 0.05) is 24.4 Å². The molecule has 7 nitrogen and oxygen atoms in total. The van der Waals surface area contributed by atoms with Gasteiger partial charge in [-0.05, 0) is 35.9 Å². The molecule has 0 fully saturated rings. The molecule has 1 amide bonds. The number of carbonyl (C=O) groups excluding carboxylic acids is 1. The number of nitro groups is 1. The Morgan fingerprint density at radius 2 is 2.00 bits per heavy atom. The van der Waals surface area contributed by atoms with Crippen LogP contribution in [0.15, 0.2) is 60.9 Å². The molecule has 23 heavy (non-hydrogen) atoms. The maximum Gasteiger partial charge on any atom is 0.269 e. The van der Waals surface area contributed by atoms with Gasteiger partial charge in [-0.1, -0.05) is 6.07 Å². The highest BCUT2D eigenvalue weighted by molar-refractivity contribution is 6.01. The lowest BCUT2D eigenvalue weighted by Gasteiger charge is -1.96. The maximum absolute atomic E-state index is 11.9. The molecule has 0 aliphatic rings. The predicted molar refractivity (Wildman–Crippen MR) is 86.0 cm³/mol. The van der Waals surface area contributed by atoms with Crippen LogP contribution < -0.4 is 5.32 Å². The molecule has 7 heteroatoms. The molecule has 0 saturated carbocycles. The van der Waals surface area contributed by atoms with Gasteiger partial charge >= 0.3 is 0 Å². The van der Waals surface area contributed by atoms with Gasteiger partial charge in [-0.15, -0.1) is 0 Å². The van der Waals surface area contributed by atoms with E-state index in [0.29, 0.717) is 11.4 Å². The summed E-state index contributed by atoms with van der Waals surface area (Å²) in [6, 6.07) is 11.5. The number of benzene rings is 1. The minimum atomic E-state index is -0.469. The van der Waals surface area contributed by atoms with Crippen LogP contribution in [0, 0.1) is 10.1 Å². The third kappa shape index (κ3) is 3.41. The summed E-state index contributed by atoms with van der Waals surface area (Å²) in [4.78, 5) is 26.2. The molecule has 0 spiro atoms. The number of pyridine rings is 1. The molecule has 0 aliphatic carbocycles. The van der Waals surface area contributed by atoms with Gasteiger partial charge in [-0.3, -0.25) is 14.9 Å². The molecular weight excluding hydrogens is 296 g/mol. The Labute approximate surface area is 131 Å². The normalized spacial score (nSPS) is 11.0. The van der Waals surface area contributed by atoms with Crippen LogP contribution in [0.4, 0.5) is 11.5 Å². The SMILES string of the molecule is O=C(/C=C/c1ccc([N+](=O)[O-])cc1)Nc1cn2ccccc2n1. The molecule has 1 aromatic carbocycles. The van der Waals surface area contributed by atoms with Crippen LogP contribution in [0.3, 0.4) is 0 Å². The number of fused-ring (bicyclic) bond motifs is 1. The topological polar surface area (TPSA) is 89.5 Å². The smallest absolute Gasteiger partial charge is 0.269 e. The summed E-state index contributed by atoms with van der Waals surface area (Å²) in [6.07, 6.45) is 6.48. The van der Waals surface area contributed by atoms with Crippen molar-refractivity contribution in [1.82, 2.24) is 9.38 Å². The van der Waals surface area contributed by atoms with Crippen LogP contribution in [-0.2, 0) is 4.79 Å². The predicted octanol–water partition coefficient (Wildman–Crippen LogP) is 2.89. The van der Waals surface area contributed by atoms with Crippen molar-refractivity contribution in [2.45, 2.75) is 0 Å². The van der Waals surface area contributed by atoms with E-state index >= 15 is 0 Å². The van der Waals surface area contributed by atoms with E-state index in [-0.39, 0.29) is 11.6 Å². The van der Waals surface area contributed by atoms with Crippen LogP contribution in [0.1, 0.15) is 5.56 Å². The highest BCUT2D eigenvalue weighted by Crippen LogP contribution is 2.13. The Morgan fingerprint density at radius 1 is 1.22 bits per heavy atom. The third-order valence-electron chi connectivity index (χ3n) is 3.15. The van der Waals surface area contributed by atoms with Crippen molar-refractivity contribution in [2.24, 2.45) is 0 Å². The van der Waals surface area contributed by atoms with E-state index in [1.165, 1.54) is 18.2 Å². The number of imidazole rings is 1. The number of non-ortho nitro benzene ring substituents is 1. The molecule has 2 aromatic heterocycles. The van der Waals surface area contributed by atoms with E-state index in [0.717, 1.165) is 5.65 Å². The second-order valence-corrected chi connectivity index (χ2v) is 4.76. The Bertz CT molecular complexity index is 864. The van der Waals surface area contributed by atoms with Gasteiger partial charge in [0.05, 0.1) is 11.1 Å². The first-order valence-electron chi connectivity index (χ1n) is 6.79. The average Bonchev–Trinajstić information content (AvgIpc) is 2.95. The van der Waals surface area contributed by atoms with E-state index in [1.54, 1.807) is 28.8 Å². The fourth-order valence-corrected chi connectivity index (χ4v) is 2.04. The zero-order valence-electron chi connectivity index (χ0n) is 11.9. The van der Waals surface area contributed by atoms with E-state index in [4.69, 9.17) is 0 Å². The molecule has 1 N–H and O–H groups in total. The second kappa shape index (κ2) is 6.10. The molecule has 2 heterocycles. The van der Waals surface area contributed by atoms with Gasteiger partial charge in [0.25, 0.3) is 5.69 Å². The number of rotatable bonds is 4. The lowest BCUT2D eigenvalue weighted by Crippen LogP contribution is -2.07. The number of anilines is 1. The molecule has 0 radical (unpaired) electrons. The number of aromatic nitrogens is 2. The Kier molecular flexibility index (Phi) is 3.84. The van der Waals surface area contributed by atoms with Crippen molar-refractivity contribution in [3.8, 4) is 0 Å². The van der Waals surface area contributed by atoms with Gasteiger partial charge in [-0.2, -0.15) is 0 Å². The number of hydrogen-bond donors (Lipinski definition) is 1.